The van der Waals surface area contributed by atoms with Crippen LogP contribution in [0.2, 0.25) is 0 Å². The molecule has 0 bridgehead atoms. The largest absolute Gasteiger partial charge is 0.393 e. The van der Waals surface area contributed by atoms with Gasteiger partial charge in [0.2, 0.25) is 0 Å². The first-order valence-electron chi connectivity index (χ1n) is 12.4. The van der Waals surface area contributed by atoms with Crippen molar-refractivity contribution in [3.8, 4) is 0 Å². The summed E-state index contributed by atoms with van der Waals surface area (Å²) >= 11 is 0. The Kier molecular flexibility index (Phi) is 5.99. The molecule has 3 nitrogen and oxygen atoms in total. The average Bonchev–Trinajstić information content (AvgIpc) is 3.05. The fourth-order valence-corrected chi connectivity index (χ4v) is 8.52. The maximum absolute atomic E-state index is 10.2. The molecule has 4 aliphatic rings. The van der Waals surface area contributed by atoms with E-state index in [9.17, 15) is 5.11 Å². The predicted octanol–water partition coefficient (Wildman–Crippen LogP) is 5.76. The SMILES string of the molecule is CCOC[C@](C)(OCC)C1CCC2C3CC=C4CC(O)CC[C@]4(C)C3CC[C@@]21C. The molecule has 0 aromatic heterocycles. The van der Waals surface area contributed by atoms with Gasteiger partial charge in [-0.2, -0.15) is 0 Å². The fraction of sp³-hybridized carbons (Fsp3) is 0.923. The zero-order valence-electron chi connectivity index (χ0n) is 19.5. The number of ether oxygens (including phenoxy) is 2. The van der Waals surface area contributed by atoms with Crippen LogP contribution in [0.5, 0.6) is 0 Å². The van der Waals surface area contributed by atoms with E-state index < -0.39 is 0 Å². The van der Waals surface area contributed by atoms with E-state index in [1.807, 2.05) is 0 Å². The Balaban J connectivity index is 1.60. The molecule has 0 amide bonds. The van der Waals surface area contributed by atoms with Gasteiger partial charge in [-0.25, -0.2) is 0 Å². The quantitative estimate of drug-likeness (QED) is 0.572. The van der Waals surface area contributed by atoms with Crippen molar-refractivity contribution < 1.29 is 14.6 Å². The highest BCUT2D eigenvalue weighted by Crippen LogP contribution is 2.67. The summed E-state index contributed by atoms with van der Waals surface area (Å²) < 4.78 is 12.4. The van der Waals surface area contributed by atoms with Gasteiger partial charge in [0.25, 0.3) is 0 Å². The van der Waals surface area contributed by atoms with E-state index in [4.69, 9.17) is 9.47 Å². The number of rotatable bonds is 6. The van der Waals surface area contributed by atoms with Crippen molar-refractivity contribution in [2.75, 3.05) is 19.8 Å². The number of aliphatic hydroxyl groups is 1. The highest BCUT2D eigenvalue weighted by molar-refractivity contribution is 5.25. The molecular formula is C26H44O3. The third kappa shape index (κ3) is 3.44. The molecule has 3 heteroatoms. The van der Waals surface area contributed by atoms with E-state index in [-0.39, 0.29) is 11.7 Å². The number of hydrogen-bond donors (Lipinski definition) is 1. The van der Waals surface area contributed by atoms with Gasteiger partial charge in [-0.1, -0.05) is 25.5 Å². The number of aliphatic hydroxyl groups excluding tert-OH is 1. The molecule has 0 aliphatic heterocycles. The lowest BCUT2D eigenvalue weighted by Gasteiger charge is -2.59. The van der Waals surface area contributed by atoms with E-state index in [2.05, 4.69) is 40.7 Å². The van der Waals surface area contributed by atoms with Crippen LogP contribution in [0.25, 0.3) is 0 Å². The second-order valence-corrected chi connectivity index (χ2v) is 11.2. The Morgan fingerprint density at radius 2 is 1.86 bits per heavy atom. The first-order chi connectivity index (χ1) is 13.8. The molecule has 4 rings (SSSR count). The van der Waals surface area contributed by atoms with Crippen molar-refractivity contribution in [2.45, 2.75) is 97.7 Å². The van der Waals surface area contributed by atoms with Crippen molar-refractivity contribution in [3.05, 3.63) is 11.6 Å². The van der Waals surface area contributed by atoms with Gasteiger partial charge in [0.15, 0.2) is 0 Å². The number of allylic oxidation sites excluding steroid dienone is 1. The second-order valence-electron chi connectivity index (χ2n) is 11.2. The Bertz CT molecular complexity index is 629. The van der Waals surface area contributed by atoms with Gasteiger partial charge >= 0.3 is 0 Å². The molecule has 0 spiro atoms. The van der Waals surface area contributed by atoms with Crippen molar-refractivity contribution in [2.24, 2.45) is 34.5 Å². The maximum atomic E-state index is 10.2. The topological polar surface area (TPSA) is 38.7 Å². The highest BCUT2D eigenvalue weighted by atomic mass is 16.5. The number of fused-ring (bicyclic) bond motifs is 5. The molecule has 5 unspecified atom stereocenters. The van der Waals surface area contributed by atoms with E-state index >= 15 is 0 Å². The number of hydrogen-bond acceptors (Lipinski definition) is 3. The summed E-state index contributed by atoms with van der Waals surface area (Å²) in [5.74, 6) is 2.99. The zero-order valence-corrected chi connectivity index (χ0v) is 19.5. The fourth-order valence-electron chi connectivity index (χ4n) is 8.52. The van der Waals surface area contributed by atoms with Crippen molar-refractivity contribution in [3.63, 3.8) is 0 Å². The molecule has 0 heterocycles. The third-order valence-electron chi connectivity index (χ3n) is 9.88. The third-order valence-corrected chi connectivity index (χ3v) is 9.88. The Morgan fingerprint density at radius 1 is 1.07 bits per heavy atom. The van der Waals surface area contributed by atoms with Crippen molar-refractivity contribution in [1.82, 2.24) is 0 Å². The van der Waals surface area contributed by atoms with Gasteiger partial charge in [0, 0.05) is 13.2 Å². The highest BCUT2D eigenvalue weighted by Gasteiger charge is 2.61. The molecule has 0 aromatic carbocycles. The lowest BCUT2D eigenvalue weighted by Crippen LogP contribution is -2.54. The summed E-state index contributed by atoms with van der Waals surface area (Å²) in [6.45, 7) is 13.9. The minimum absolute atomic E-state index is 0.110. The van der Waals surface area contributed by atoms with Crippen molar-refractivity contribution in [1.29, 1.82) is 0 Å². The lowest BCUT2D eigenvalue weighted by atomic mass is 9.47. The summed E-state index contributed by atoms with van der Waals surface area (Å²) in [7, 11) is 0. The Labute approximate surface area is 178 Å². The second kappa shape index (κ2) is 7.95. The lowest BCUT2D eigenvalue weighted by molar-refractivity contribution is -0.157. The minimum Gasteiger partial charge on any atom is -0.393 e. The molecule has 0 saturated heterocycles. The van der Waals surface area contributed by atoms with Gasteiger partial charge in [-0.05, 0) is 107 Å². The molecule has 1 N–H and O–H groups in total. The molecule has 0 aromatic rings. The van der Waals surface area contributed by atoms with Gasteiger partial charge in [0.1, 0.15) is 0 Å². The van der Waals surface area contributed by atoms with Crippen LogP contribution in [0.4, 0.5) is 0 Å². The normalized spacial score (nSPS) is 46.3. The van der Waals surface area contributed by atoms with Crippen LogP contribution in [-0.4, -0.2) is 36.6 Å². The zero-order chi connectivity index (χ0) is 20.9. The molecular weight excluding hydrogens is 360 g/mol. The predicted molar refractivity (Wildman–Crippen MR) is 118 cm³/mol. The van der Waals surface area contributed by atoms with Crippen LogP contribution < -0.4 is 0 Å². The first kappa shape index (κ1) is 21.8. The average molecular weight is 405 g/mol. The van der Waals surface area contributed by atoms with Crippen LogP contribution in [0, 0.1) is 34.5 Å². The van der Waals surface area contributed by atoms with Gasteiger partial charge < -0.3 is 14.6 Å². The van der Waals surface area contributed by atoms with Crippen molar-refractivity contribution >= 4 is 0 Å². The summed E-state index contributed by atoms with van der Waals surface area (Å²) in [4.78, 5) is 0. The van der Waals surface area contributed by atoms with Gasteiger partial charge in [-0.15, -0.1) is 0 Å². The molecule has 29 heavy (non-hydrogen) atoms. The summed E-state index contributed by atoms with van der Waals surface area (Å²) in [6, 6.07) is 0. The first-order valence-corrected chi connectivity index (χ1v) is 12.4. The summed E-state index contributed by atoms with van der Waals surface area (Å²) in [5, 5.41) is 10.2. The minimum atomic E-state index is -0.171. The Morgan fingerprint density at radius 3 is 2.59 bits per heavy atom. The van der Waals surface area contributed by atoms with Crippen LogP contribution >= 0.6 is 0 Å². The standard InChI is InChI=1S/C26H44O3/c1-6-28-17-26(5,29-7-2)23-11-10-21-20-9-8-18-16-19(27)12-14-24(18,3)22(20)13-15-25(21,23)4/h8,19-23,27H,6-7,9-17H2,1-5H3/t19?,20?,21?,22?,23?,24-,25-,26-/m0/s1. The Hall–Kier alpha value is -0.380. The van der Waals surface area contributed by atoms with Gasteiger partial charge in [-0.3, -0.25) is 0 Å². The molecule has 8 atom stereocenters. The summed E-state index contributed by atoms with van der Waals surface area (Å²) in [6.07, 6.45) is 12.0. The van der Waals surface area contributed by atoms with Crippen LogP contribution in [0.3, 0.4) is 0 Å². The maximum Gasteiger partial charge on any atom is 0.0919 e. The monoisotopic (exact) mass is 404 g/mol. The molecule has 4 aliphatic carbocycles. The van der Waals surface area contributed by atoms with Gasteiger partial charge in [0.05, 0.1) is 18.3 Å². The molecule has 3 saturated carbocycles. The molecule has 3 fully saturated rings. The van der Waals surface area contributed by atoms with E-state index in [0.29, 0.717) is 16.7 Å². The van der Waals surface area contributed by atoms with Crippen LogP contribution in [-0.2, 0) is 9.47 Å². The molecule has 166 valence electrons. The van der Waals surface area contributed by atoms with E-state index in [1.54, 1.807) is 5.57 Å². The molecule has 0 radical (unpaired) electrons. The van der Waals surface area contributed by atoms with E-state index in [1.165, 1.54) is 38.5 Å². The smallest absolute Gasteiger partial charge is 0.0919 e. The van der Waals surface area contributed by atoms with Crippen LogP contribution in [0.15, 0.2) is 11.6 Å². The summed E-state index contributed by atoms with van der Waals surface area (Å²) in [5.41, 5.74) is 2.09. The van der Waals surface area contributed by atoms with Crippen LogP contribution in [0.1, 0.15) is 86.0 Å². The van der Waals surface area contributed by atoms with E-state index in [0.717, 1.165) is 50.4 Å².